The molecule has 1 heterocycles. The van der Waals surface area contributed by atoms with E-state index in [1.807, 2.05) is 6.92 Å². The van der Waals surface area contributed by atoms with E-state index in [9.17, 15) is 4.79 Å². The quantitative estimate of drug-likeness (QED) is 0.634. The molecule has 1 atom stereocenters. The average molecular weight is 198 g/mol. The summed E-state index contributed by atoms with van der Waals surface area (Å²) in [7, 11) is 0. The number of allylic oxidation sites excluding steroid dienone is 1. The Balaban J connectivity index is 2.07. The predicted octanol–water partition coefficient (Wildman–Crippen LogP) is 2.06. The molecule has 1 saturated heterocycles. The number of ether oxygens (including phenoxy) is 2. The third kappa shape index (κ3) is 4.53. The fourth-order valence-corrected chi connectivity index (χ4v) is 1.30. The van der Waals surface area contributed by atoms with E-state index in [0.717, 1.165) is 19.4 Å². The first-order chi connectivity index (χ1) is 6.83. The van der Waals surface area contributed by atoms with Gasteiger partial charge in [-0.15, -0.1) is 0 Å². The van der Waals surface area contributed by atoms with Gasteiger partial charge in [0, 0.05) is 13.0 Å². The van der Waals surface area contributed by atoms with Crippen LogP contribution in [-0.4, -0.2) is 25.3 Å². The van der Waals surface area contributed by atoms with Crippen LogP contribution in [0.25, 0.3) is 0 Å². The molecule has 0 spiro atoms. The van der Waals surface area contributed by atoms with Gasteiger partial charge in [-0.05, 0) is 25.3 Å². The van der Waals surface area contributed by atoms with Crippen molar-refractivity contribution in [3.05, 3.63) is 12.2 Å². The minimum absolute atomic E-state index is 0.0647. The molecule has 3 nitrogen and oxygen atoms in total. The van der Waals surface area contributed by atoms with Crippen molar-refractivity contribution in [2.75, 3.05) is 13.2 Å². The first-order valence-electron chi connectivity index (χ1n) is 5.25. The van der Waals surface area contributed by atoms with Gasteiger partial charge in [0.1, 0.15) is 0 Å². The van der Waals surface area contributed by atoms with Crippen molar-refractivity contribution in [1.82, 2.24) is 0 Å². The van der Waals surface area contributed by atoms with Crippen LogP contribution in [0.1, 0.15) is 32.6 Å². The second-order valence-corrected chi connectivity index (χ2v) is 3.35. The van der Waals surface area contributed by atoms with Crippen LogP contribution in [0.2, 0.25) is 0 Å². The van der Waals surface area contributed by atoms with E-state index >= 15 is 0 Å². The van der Waals surface area contributed by atoms with Gasteiger partial charge >= 0.3 is 0 Å². The Bertz CT molecular complexity index is 193. The monoisotopic (exact) mass is 198 g/mol. The van der Waals surface area contributed by atoms with Gasteiger partial charge in [0.15, 0.2) is 12.1 Å². The van der Waals surface area contributed by atoms with E-state index in [1.165, 1.54) is 6.42 Å². The number of hydrogen-bond donors (Lipinski definition) is 0. The van der Waals surface area contributed by atoms with E-state index in [-0.39, 0.29) is 12.1 Å². The molecule has 0 bridgehead atoms. The lowest BCUT2D eigenvalue weighted by Crippen LogP contribution is -2.22. The second-order valence-electron chi connectivity index (χ2n) is 3.35. The van der Waals surface area contributed by atoms with E-state index < -0.39 is 0 Å². The van der Waals surface area contributed by atoms with Crippen LogP contribution in [-0.2, 0) is 14.3 Å². The smallest absolute Gasteiger partial charge is 0.157 e. The number of carbonyl (C=O) groups excluding carboxylic acids is 1. The molecular formula is C11H18O3. The molecule has 1 aliphatic heterocycles. The van der Waals surface area contributed by atoms with E-state index in [1.54, 1.807) is 12.2 Å². The summed E-state index contributed by atoms with van der Waals surface area (Å²) in [4.78, 5) is 10.9. The van der Waals surface area contributed by atoms with Crippen LogP contribution >= 0.6 is 0 Å². The third-order valence-electron chi connectivity index (χ3n) is 2.17. The van der Waals surface area contributed by atoms with Gasteiger partial charge in [0.2, 0.25) is 0 Å². The van der Waals surface area contributed by atoms with Crippen molar-refractivity contribution in [3.63, 3.8) is 0 Å². The highest BCUT2D eigenvalue weighted by Gasteiger charge is 2.12. The van der Waals surface area contributed by atoms with Gasteiger partial charge in [0.25, 0.3) is 0 Å². The molecule has 0 aliphatic carbocycles. The number of carbonyl (C=O) groups is 1. The normalized spacial score (nSPS) is 22.8. The number of rotatable bonds is 5. The highest BCUT2D eigenvalue weighted by molar-refractivity contribution is 5.89. The fourth-order valence-electron chi connectivity index (χ4n) is 1.30. The van der Waals surface area contributed by atoms with Gasteiger partial charge < -0.3 is 9.47 Å². The largest absolute Gasteiger partial charge is 0.353 e. The summed E-state index contributed by atoms with van der Waals surface area (Å²) >= 11 is 0. The Morgan fingerprint density at radius 2 is 2.43 bits per heavy atom. The van der Waals surface area contributed by atoms with E-state index in [0.29, 0.717) is 13.0 Å². The van der Waals surface area contributed by atoms with Crippen molar-refractivity contribution < 1.29 is 14.3 Å². The van der Waals surface area contributed by atoms with Crippen LogP contribution in [0.15, 0.2) is 12.2 Å². The lowest BCUT2D eigenvalue weighted by molar-refractivity contribution is -0.155. The lowest BCUT2D eigenvalue weighted by atomic mass is 10.2. The molecule has 0 saturated carbocycles. The van der Waals surface area contributed by atoms with Gasteiger partial charge in [-0.3, -0.25) is 4.79 Å². The van der Waals surface area contributed by atoms with Crippen LogP contribution < -0.4 is 0 Å². The Hall–Kier alpha value is -0.670. The summed E-state index contributed by atoms with van der Waals surface area (Å²) in [6.45, 7) is 3.11. The topological polar surface area (TPSA) is 35.5 Å². The molecule has 3 heteroatoms. The maximum Gasteiger partial charge on any atom is 0.157 e. The first kappa shape index (κ1) is 11.4. The molecular weight excluding hydrogens is 180 g/mol. The summed E-state index contributed by atoms with van der Waals surface area (Å²) < 4.78 is 10.8. The zero-order valence-electron chi connectivity index (χ0n) is 8.70. The van der Waals surface area contributed by atoms with Crippen molar-refractivity contribution >= 4 is 5.78 Å². The van der Waals surface area contributed by atoms with Gasteiger partial charge in [-0.1, -0.05) is 13.0 Å². The van der Waals surface area contributed by atoms with Crippen molar-refractivity contribution in [2.45, 2.75) is 38.9 Å². The molecule has 1 rings (SSSR count). The predicted molar refractivity (Wildman–Crippen MR) is 54.0 cm³/mol. The van der Waals surface area contributed by atoms with Crippen LogP contribution in [0.4, 0.5) is 0 Å². The molecule has 0 N–H and O–H groups in total. The van der Waals surface area contributed by atoms with Crippen LogP contribution in [0.5, 0.6) is 0 Å². The lowest BCUT2D eigenvalue weighted by Gasteiger charge is -2.21. The molecule has 0 aromatic carbocycles. The SMILES string of the molecule is CCC(=O)/C=C/COC1CCCCO1. The minimum atomic E-state index is -0.0647. The van der Waals surface area contributed by atoms with Crippen molar-refractivity contribution in [1.29, 1.82) is 0 Å². The zero-order valence-corrected chi connectivity index (χ0v) is 8.70. The molecule has 1 unspecified atom stereocenters. The molecule has 14 heavy (non-hydrogen) atoms. The molecule has 0 aromatic rings. The maximum absolute atomic E-state index is 10.9. The Morgan fingerprint density at radius 1 is 1.57 bits per heavy atom. The van der Waals surface area contributed by atoms with E-state index in [2.05, 4.69) is 0 Å². The third-order valence-corrected chi connectivity index (χ3v) is 2.17. The molecule has 80 valence electrons. The highest BCUT2D eigenvalue weighted by Crippen LogP contribution is 2.13. The fraction of sp³-hybridized carbons (Fsp3) is 0.727. The van der Waals surface area contributed by atoms with Crippen LogP contribution in [0, 0.1) is 0 Å². The molecule has 1 fully saturated rings. The average Bonchev–Trinajstić information content (AvgIpc) is 2.25. The maximum atomic E-state index is 10.9. The van der Waals surface area contributed by atoms with Crippen molar-refractivity contribution in [2.24, 2.45) is 0 Å². The summed E-state index contributed by atoms with van der Waals surface area (Å²) in [5.74, 6) is 0.137. The van der Waals surface area contributed by atoms with Gasteiger partial charge in [0.05, 0.1) is 6.61 Å². The minimum Gasteiger partial charge on any atom is -0.353 e. The summed E-state index contributed by atoms with van der Waals surface area (Å²) in [6, 6.07) is 0. The van der Waals surface area contributed by atoms with Crippen molar-refractivity contribution in [3.8, 4) is 0 Å². The van der Waals surface area contributed by atoms with Gasteiger partial charge in [-0.25, -0.2) is 0 Å². The van der Waals surface area contributed by atoms with Gasteiger partial charge in [-0.2, -0.15) is 0 Å². The molecule has 1 aliphatic rings. The molecule has 0 aromatic heterocycles. The second kappa shape index (κ2) is 6.74. The Kier molecular flexibility index (Phi) is 5.49. The number of hydrogen-bond acceptors (Lipinski definition) is 3. The van der Waals surface area contributed by atoms with Crippen LogP contribution in [0.3, 0.4) is 0 Å². The number of ketones is 1. The Morgan fingerprint density at radius 3 is 3.07 bits per heavy atom. The summed E-state index contributed by atoms with van der Waals surface area (Å²) in [6.07, 6.45) is 7.08. The van der Waals surface area contributed by atoms with E-state index in [4.69, 9.17) is 9.47 Å². The Labute approximate surface area is 85.1 Å². The summed E-state index contributed by atoms with van der Waals surface area (Å²) in [5.41, 5.74) is 0. The highest BCUT2D eigenvalue weighted by atomic mass is 16.7. The molecule has 0 radical (unpaired) electrons. The first-order valence-corrected chi connectivity index (χ1v) is 5.25. The molecule has 0 amide bonds. The zero-order chi connectivity index (χ0) is 10.2. The standard InChI is InChI=1S/C11H18O3/c1-2-10(12)6-5-9-14-11-7-3-4-8-13-11/h5-6,11H,2-4,7-9H2,1H3/b6-5+. The summed E-state index contributed by atoms with van der Waals surface area (Å²) in [5, 5.41) is 0.